The molecule has 0 spiro atoms. The Kier molecular flexibility index (Phi) is 9.60. The molecule has 1 aromatic carbocycles. The van der Waals surface area contributed by atoms with E-state index in [0.717, 1.165) is 62.9 Å². The average Bonchev–Trinajstić information content (AvgIpc) is 3.58. The quantitative estimate of drug-likeness (QED) is 0.401. The van der Waals surface area contributed by atoms with Crippen LogP contribution in [0.25, 0.3) is 0 Å². The summed E-state index contributed by atoms with van der Waals surface area (Å²) < 4.78 is 9.57. The molecule has 10 heteroatoms. The largest absolute Gasteiger partial charge is 0.497 e. The van der Waals surface area contributed by atoms with Gasteiger partial charge in [-0.05, 0) is 67.9 Å². The van der Waals surface area contributed by atoms with Crippen LogP contribution in [0.1, 0.15) is 97.7 Å². The maximum atomic E-state index is 14.1. The third-order valence-corrected chi connectivity index (χ3v) is 8.38. The van der Waals surface area contributed by atoms with Crippen molar-refractivity contribution in [2.75, 3.05) is 17.7 Å². The second-order valence-corrected chi connectivity index (χ2v) is 11.0. The molecule has 3 amide bonds. The van der Waals surface area contributed by atoms with Crippen LogP contribution >= 0.6 is 11.5 Å². The van der Waals surface area contributed by atoms with Crippen LogP contribution in [0, 0.1) is 0 Å². The summed E-state index contributed by atoms with van der Waals surface area (Å²) in [7, 11) is 1.57. The summed E-state index contributed by atoms with van der Waals surface area (Å²) >= 11 is 0.902. The van der Waals surface area contributed by atoms with Gasteiger partial charge in [0.1, 0.15) is 16.7 Å². The van der Waals surface area contributed by atoms with Gasteiger partial charge in [-0.1, -0.05) is 45.4 Å². The first-order valence-corrected chi connectivity index (χ1v) is 14.5. The molecule has 2 fully saturated rings. The Bertz CT molecular complexity index is 1110. The van der Waals surface area contributed by atoms with Crippen molar-refractivity contribution >= 4 is 40.6 Å². The van der Waals surface area contributed by atoms with Crippen LogP contribution < -0.4 is 26.0 Å². The molecule has 9 nitrogen and oxygen atoms in total. The summed E-state index contributed by atoms with van der Waals surface area (Å²) in [6.45, 7) is 1.99. The second-order valence-electron chi connectivity index (χ2n) is 10.2. The van der Waals surface area contributed by atoms with Gasteiger partial charge >= 0.3 is 0 Å². The van der Waals surface area contributed by atoms with Crippen LogP contribution in [-0.4, -0.2) is 47.3 Å². The number of carbonyl (C=O) groups excluding carboxylic acids is 3. The molecule has 0 aliphatic heterocycles. The van der Waals surface area contributed by atoms with Crippen molar-refractivity contribution in [1.82, 2.24) is 15.0 Å². The van der Waals surface area contributed by atoms with Gasteiger partial charge in [0.2, 0.25) is 5.91 Å². The van der Waals surface area contributed by atoms with E-state index in [1.165, 1.54) is 11.3 Å². The van der Waals surface area contributed by atoms with Crippen LogP contribution in [0.3, 0.4) is 0 Å². The van der Waals surface area contributed by atoms with Gasteiger partial charge in [0.05, 0.1) is 12.8 Å². The van der Waals surface area contributed by atoms with Crippen molar-refractivity contribution in [2.45, 2.75) is 95.7 Å². The van der Waals surface area contributed by atoms with Crippen LogP contribution in [0.4, 0.5) is 11.4 Å². The average molecular weight is 542 g/mol. The predicted octanol–water partition coefficient (Wildman–Crippen LogP) is 4.67. The number of ether oxygens (including phenoxy) is 1. The molecule has 2 saturated carbocycles. The monoisotopic (exact) mass is 541 g/mol. The number of carbonyl (C=O) groups is 3. The van der Waals surface area contributed by atoms with Gasteiger partial charge in [-0.2, -0.15) is 4.37 Å². The number of hydrogen-bond donors (Lipinski definition) is 3. The topological polar surface area (TPSA) is 127 Å². The highest BCUT2D eigenvalue weighted by atomic mass is 32.1. The smallest absolute Gasteiger partial charge is 0.273 e. The Labute approximate surface area is 228 Å². The van der Waals surface area contributed by atoms with Crippen LogP contribution in [0.2, 0.25) is 0 Å². The van der Waals surface area contributed by atoms with Crippen molar-refractivity contribution in [3.63, 3.8) is 0 Å². The van der Waals surface area contributed by atoms with E-state index in [-0.39, 0.29) is 40.2 Å². The third-order valence-electron chi connectivity index (χ3n) is 7.53. The number of benzene rings is 1. The Morgan fingerprint density at radius 2 is 1.63 bits per heavy atom. The Balaban J connectivity index is 1.63. The molecule has 2 aromatic rings. The lowest BCUT2D eigenvalue weighted by Crippen LogP contribution is -2.51. The standard InChI is InChI=1S/C28H39N5O4S/c1-3-9-22(26(34)30-18-12-7-8-13-18)33(20-14-16-21(37-2)17-15-20)28(36)25-23(29)24(32-38-25)27(35)31-19-10-5-4-6-11-19/h14-19,22H,3-13,29H2,1-2H3,(H,30,34)(H,31,35)/t22-/m1/s1. The maximum Gasteiger partial charge on any atom is 0.273 e. The molecule has 206 valence electrons. The molecular weight excluding hydrogens is 502 g/mol. The number of nitrogens with one attached hydrogen (secondary N) is 2. The summed E-state index contributed by atoms with van der Waals surface area (Å²) in [5.41, 5.74) is 7.05. The summed E-state index contributed by atoms with van der Waals surface area (Å²) in [6.07, 6.45) is 10.5. The lowest BCUT2D eigenvalue weighted by molar-refractivity contribution is -0.123. The van der Waals surface area contributed by atoms with Gasteiger partial charge in [0, 0.05) is 17.8 Å². The first-order chi connectivity index (χ1) is 18.4. The first kappa shape index (κ1) is 27.9. The molecule has 4 rings (SSSR count). The summed E-state index contributed by atoms with van der Waals surface area (Å²) in [6, 6.07) is 6.52. The predicted molar refractivity (Wildman–Crippen MR) is 150 cm³/mol. The summed E-state index contributed by atoms with van der Waals surface area (Å²) in [5.74, 6) is -0.337. The SMILES string of the molecule is CCC[C@H](C(=O)NC1CCCC1)N(C(=O)c1snc(C(=O)NC2CCCCC2)c1N)c1ccc(OC)cc1. The van der Waals surface area contributed by atoms with E-state index in [9.17, 15) is 14.4 Å². The molecule has 0 saturated heterocycles. The number of nitrogens with two attached hydrogens (primary N) is 1. The fraction of sp³-hybridized carbons (Fsp3) is 0.571. The highest BCUT2D eigenvalue weighted by Crippen LogP contribution is 2.31. The number of amides is 3. The molecule has 4 N–H and O–H groups in total. The van der Waals surface area contributed by atoms with E-state index in [4.69, 9.17) is 10.5 Å². The Morgan fingerprint density at radius 3 is 2.24 bits per heavy atom. The van der Waals surface area contributed by atoms with E-state index < -0.39 is 11.9 Å². The molecule has 2 aliphatic carbocycles. The Hall–Kier alpha value is -3.14. The minimum Gasteiger partial charge on any atom is -0.497 e. The maximum absolute atomic E-state index is 14.1. The zero-order valence-electron chi connectivity index (χ0n) is 22.3. The normalized spacial score (nSPS) is 17.1. The number of rotatable bonds is 10. The van der Waals surface area contributed by atoms with Crippen molar-refractivity contribution < 1.29 is 19.1 Å². The van der Waals surface area contributed by atoms with E-state index >= 15 is 0 Å². The zero-order valence-corrected chi connectivity index (χ0v) is 23.1. The number of nitrogens with zero attached hydrogens (tertiary/aromatic N) is 2. The van der Waals surface area contributed by atoms with Gasteiger partial charge in [0.25, 0.3) is 11.8 Å². The molecule has 38 heavy (non-hydrogen) atoms. The molecule has 0 bridgehead atoms. The van der Waals surface area contributed by atoms with E-state index in [2.05, 4.69) is 15.0 Å². The van der Waals surface area contributed by atoms with Gasteiger partial charge < -0.3 is 21.1 Å². The fourth-order valence-electron chi connectivity index (χ4n) is 5.43. The van der Waals surface area contributed by atoms with Crippen LogP contribution in [0.15, 0.2) is 24.3 Å². The number of methoxy groups -OCH3 is 1. The second kappa shape index (κ2) is 13.1. The van der Waals surface area contributed by atoms with Crippen LogP contribution in [-0.2, 0) is 4.79 Å². The van der Waals surface area contributed by atoms with Crippen molar-refractivity contribution in [2.24, 2.45) is 0 Å². The van der Waals surface area contributed by atoms with Gasteiger partial charge in [-0.25, -0.2) is 0 Å². The van der Waals surface area contributed by atoms with Gasteiger partial charge in [0.15, 0.2) is 5.69 Å². The molecule has 1 atom stereocenters. The van der Waals surface area contributed by atoms with Crippen LogP contribution in [0.5, 0.6) is 5.75 Å². The van der Waals surface area contributed by atoms with Gasteiger partial charge in [-0.3, -0.25) is 19.3 Å². The minimum absolute atomic E-state index is 0.0540. The third kappa shape index (κ3) is 6.46. The number of anilines is 2. The highest BCUT2D eigenvalue weighted by Gasteiger charge is 2.35. The van der Waals surface area contributed by atoms with E-state index in [1.807, 2.05) is 6.92 Å². The lowest BCUT2D eigenvalue weighted by atomic mass is 9.95. The zero-order chi connectivity index (χ0) is 27.1. The summed E-state index contributed by atoms with van der Waals surface area (Å²) in [5, 5.41) is 6.19. The van der Waals surface area contributed by atoms with E-state index in [0.29, 0.717) is 24.3 Å². The molecule has 1 heterocycles. The van der Waals surface area contributed by atoms with Crippen molar-refractivity contribution in [1.29, 1.82) is 0 Å². The minimum atomic E-state index is -0.734. The number of nitrogen functional groups attached to an aromatic ring is 1. The van der Waals surface area contributed by atoms with Crippen molar-refractivity contribution in [3.05, 3.63) is 34.8 Å². The Morgan fingerprint density at radius 1 is 1.03 bits per heavy atom. The molecule has 0 unspecified atom stereocenters. The molecule has 2 aliphatic rings. The molecular formula is C28H39N5O4S. The molecule has 0 radical (unpaired) electrons. The number of hydrogen-bond acceptors (Lipinski definition) is 7. The summed E-state index contributed by atoms with van der Waals surface area (Å²) in [4.78, 5) is 42.2. The molecule has 1 aromatic heterocycles. The van der Waals surface area contributed by atoms with E-state index in [1.54, 1.807) is 31.4 Å². The highest BCUT2D eigenvalue weighted by molar-refractivity contribution is 7.09. The fourth-order valence-corrected chi connectivity index (χ4v) is 6.16. The lowest BCUT2D eigenvalue weighted by Gasteiger charge is -2.31. The first-order valence-electron chi connectivity index (χ1n) is 13.8. The van der Waals surface area contributed by atoms with Crippen molar-refractivity contribution in [3.8, 4) is 5.75 Å². The van der Waals surface area contributed by atoms with Gasteiger partial charge in [-0.15, -0.1) is 0 Å². The number of aromatic nitrogens is 1.